The summed E-state index contributed by atoms with van der Waals surface area (Å²) in [5, 5.41) is 22.0. The highest BCUT2D eigenvalue weighted by Crippen LogP contribution is 2.37. The number of rotatable bonds is 4. The zero-order chi connectivity index (χ0) is 21.5. The van der Waals surface area contributed by atoms with Crippen LogP contribution < -0.4 is 5.32 Å². The van der Waals surface area contributed by atoms with Crippen molar-refractivity contribution in [2.75, 3.05) is 0 Å². The molecule has 1 amide bonds. The van der Waals surface area contributed by atoms with Crippen molar-refractivity contribution < 1.29 is 4.79 Å². The molecule has 0 aliphatic carbocycles. The maximum Gasteiger partial charge on any atom is 0.253 e. The zero-order valence-electron chi connectivity index (χ0n) is 16.8. The summed E-state index contributed by atoms with van der Waals surface area (Å²) in [6.07, 6.45) is 8.14. The molecule has 0 spiro atoms. The van der Waals surface area contributed by atoms with Crippen molar-refractivity contribution >= 4 is 17.5 Å². The summed E-state index contributed by atoms with van der Waals surface area (Å²) >= 11 is 6.43. The minimum atomic E-state index is -0.759. The number of nitrogens with one attached hydrogen (secondary N) is 1. The van der Waals surface area contributed by atoms with Crippen LogP contribution in [-0.2, 0) is 5.41 Å². The molecule has 2 aliphatic rings. The van der Waals surface area contributed by atoms with E-state index in [-0.39, 0.29) is 24.0 Å². The summed E-state index contributed by atoms with van der Waals surface area (Å²) in [5.74, 6) is -0.243. The van der Waals surface area contributed by atoms with Gasteiger partial charge in [-0.3, -0.25) is 9.78 Å². The van der Waals surface area contributed by atoms with Gasteiger partial charge in [0.15, 0.2) is 6.19 Å². The van der Waals surface area contributed by atoms with E-state index >= 15 is 0 Å². The highest BCUT2D eigenvalue weighted by Gasteiger charge is 2.46. The van der Waals surface area contributed by atoms with Gasteiger partial charge in [0.1, 0.15) is 0 Å². The number of nitriles is 2. The van der Waals surface area contributed by atoms with Crippen molar-refractivity contribution in [3.63, 3.8) is 0 Å². The van der Waals surface area contributed by atoms with Crippen LogP contribution in [0.5, 0.6) is 0 Å². The second-order valence-electron chi connectivity index (χ2n) is 8.34. The maximum absolute atomic E-state index is 12.8. The number of nitrogens with zero attached hydrogens (tertiary/aromatic N) is 5. The Balaban J connectivity index is 1.53. The molecule has 7 nitrogen and oxygen atoms in total. The van der Waals surface area contributed by atoms with E-state index in [1.165, 1.54) is 0 Å². The lowest BCUT2D eigenvalue weighted by atomic mass is 9.91. The molecule has 3 atom stereocenters. The fourth-order valence-corrected chi connectivity index (χ4v) is 4.53. The molecule has 1 aromatic heterocycles. The Labute approximate surface area is 180 Å². The molecule has 2 bridgehead atoms. The van der Waals surface area contributed by atoms with E-state index in [1.807, 2.05) is 4.90 Å². The van der Waals surface area contributed by atoms with Gasteiger partial charge >= 0.3 is 0 Å². The summed E-state index contributed by atoms with van der Waals surface area (Å²) in [5.41, 5.74) is 1.49. The summed E-state index contributed by atoms with van der Waals surface area (Å²) < 4.78 is 0. The van der Waals surface area contributed by atoms with Crippen molar-refractivity contribution in [1.29, 1.82) is 10.5 Å². The summed E-state index contributed by atoms with van der Waals surface area (Å²) in [6.45, 7) is 3.56. The molecule has 0 saturated carbocycles. The molecule has 3 heterocycles. The van der Waals surface area contributed by atoms with Crippen molar-refractivity contribution in [1.82, 2.24) is 20.2 Å². The number of carbonyl (C=O) groups excluding carboxylic acids is 1. The van der Waals surface area contributed by atoms with Gasteiger partial charge in [-0.15, -0.1) is 0 Å². The molecular weight excluding hydrogens is 400 g/mol. The Bertz CT molecular complexity index is 1090. The topological polar surface area (TPSA) is 106 Å². The molecule has 4 rings (SSSR count). The lowest BCUT2D eigenvalue weighted by Crippen LogP contribution is -2.43. The number of hydrogen-bond acceptors (Lipinski definition) is 6. The van der Waals surface area contributed by atoms with Gasteiger partial charge in [-0.25, -0.2) is 4.98 Å². The van der Waals surface area contributed by atoms with E-state index in [1.54, 1.807) is 44.4 Å². The first-order valence-electron chi connectivity index (χ1n) is 9.86. The van der Waals surface area contributed by atoms with Gasteiger partial charge in [0.2, 0.25) is 0 Å². The highest BCUT2D eigenvalue weighted by molar-refractivity contribution is 6.34. The van der Waals surface area contributed by atoms with E-state index < -0.39 is 5.41 Å². The van der Waals surface area contributed by atoms with Gasteiger partial charge in [-0.2, -0.15) is 10.5 Å². The van der Waals surface area contributed by atoms with Crippen LogP contribution in [0.1, 0.15) is 49.2 Å². The van der Waals surface area contributed by atoms with Gasteiger partial charge in [0.25, 0.3) is 5.91 Å². The zero-order valence-corrected chi connectivity index (χ0v) is 17.5. The predicted molar refractivity (Wildman–Crippen MR) is 111 cm³/mol. The Morgan fingerprint density at radius 3 is 2.77 bits per heavy atom. The number of amides is 1. The number of hydrogen-bond donors (Lipinski definition) is 1. The van der Waals surface area contributed by atoms with Crippen molar-refractivity contribution in [2.24, 2.45) is 0 Å². The second-order valence-corrected chi connectivity index (χ2v) is 8.75. The third kappa shape index (κ3) is 3.46. The van der Waals surface area contributed by atoms with Crippen LogP contribution in [0.4, 0.5) is 0 Å². The van der Waals surface area contributed by atoms with Crippen molar-refractivity contribution in [2.45, 2.75) is 56.7 Å². The Hall–Kier alpha value is -3.16. The molecule has 8 heteroatoms. The van der Waals surface area contributed by atoms with E-state index in [0.29, 0.717) is 22.0 Å². The standard InChI is InChI=1S/C22H21ClN6O/c1-22(2,11-24)20-10-26-9-18(27-20)13-3-5-15(16(23)7-13)21(30)28-17-8-14-4-6-19(17)29(14)12-25/h3,5,7,9-10,14,17,19H,4,6,8H2,1-2H3,(H,28,30)/t14-,17+,19+/m0/s1. The van der Waals surface area contributed by atoms with Crippen molar-refractivity contribution in [3.8, 4) is 23.5 Å². The summed E-state index contributed by atoms with van der Waals surface area (Å²) in [7, 11) is 0. The van der Waals surface area contributed by atoms with Crippen LogP contribution in [0.3, 0.4) is 0 Å². The van der Waals surface area contributed by atoms with E-state index in [2.05, 4.69) is 27.5 Å². The van der Waals surface area contributed by atoms with E-state index in [9.17, 15) is 15.3 Å². The summed E-state index contributed by atoms with van der Waals surface area (Å²) in [6, 6.07) is 7.61. The average Bonchev–Trinajstić information content (AvgIpc) is 3.30. The van der Waals surface area contributed by atoms with Gasteiger partial charge in [-0.1, -0.05) is 17.7 Å². The fourth-order valence-electron chi connectivity index (χ4n) is 4.27. The largest absolute Gasteiger partial charge is 0.347 e. The van der Waals surface area contributed by atoms with E-state index in [0.717, 1.165) is 24.8 Å². The molecule has 0 radical (unpaired) electrons. The van der Waals surface area contributed by atoms with Crippen LogP contribution in [0.15, 0.2) is 30.6 Å². The molecule has 30 heavy (non-hydrogen) atoms. The first-order valence-corrected chi connectivity index (χ1v) is 10.2. The van der Waals surface area contributed by atoms with Gasteiger partial charge in [0.05, 0.1) is 57.9 Å². The van der Waals surface area contributed by atoms with Crippen LogP contribution in [-0.4, -0.2) is 38.9 Å². The molecule has 152 valence electrons. The molecule has 2 fully saturated rings. The van der Waals surface area contributed by atoms with Gasteiger partial charge in [-0.05, 0) is 45.2 Å². The first-order chi connectivity index (χ1) is 14.3. The number of aromatic nitrogens is 2. The monoisotopic (exact) mass is 420 g/mol. The maximum atomic E-state index is 12.8. The fraction of sp³-hybridized carbons (Fsp3) is 0.409. The second kappa shape index (κ2) is 7.59. The Morgan fingerprint density at radius 2 is 2.10 bits per heavy atom. The molecule has 2 saturated heterocycles. The van der Waals surface area contributed by atoms with E-state index in [4.69, 9.17) is 11.6 Å². The molecule has 2 aliphatic heterocycles. The highest BCUT2D eigenvalue weighted by atomic mass is 35.5. The number of carbonyl (C=O) groups is 1. The van der Waals surface area contributed by atoms with Crippen LogP contribution in [0, 0.1) is 22.8 Å². The normalized spacial score (nSPS) is 22.4. The predicted octanol–water partition coefficient (Wildman–Crippen LogP) is 3.41. The van der Waals surface area contributed by atoms with Crippen LogP contribution >= 0.6 is 11.6 Å². The first kappa shape index (κ1) is 20.1. The third-order valence-electron chi connectivity index (χ3n) is 6.03. The van der Waals surface area contributed by atoms with Crippen LogP contribution in [0.2, 0.25) is 5.02 Å². The smallest absolute Gasteiger partial charge is 0.253 e. The molecule has 1 N–H and O–H groups in total. The van der Waals surface area contributed by atoms with Crippen LogP contribution in [0.25, 0.3) is 11.3 Å². The number of halogens is 1. The number of benzene rings is 1. The SMILES string of the molecule is CC(C)(C#N)c1cncc(-c2ccc(C(=O)N[C@@H]3C[C@@H]4CC[C@H]3N4C#N)c(Cl)c2)n1. The molecular formula is C22H21ClN6O. The number of fused-ring (bicyclic) bond motifs is 2. The average molecular weight is 421 g/mol. The minimum Gasteiger partial charge on any atom is -0.347 e. The molecule has 0 unspecified atom stereocenters. The molecule has 2 aromatic rings. The van der Waals surface area contributed by atoms with Gasteiger partial charge < -0.3 is 10.2 Å². The third-order valence-corrected chi connectivity index (χ3v) is 6.35. The lowest BCUT2D eigenvalue weighted by molar-refractivity contribution is 0.0928. The molecule has 1 aromatic carbocycles. The quantitative estimate of drug-likeness (QED) is 0.759. The van der Waals surface area contributed by atoms with Gasteiger partial charge in [0, 0.05) is 11.6 Å². The lowest BCUT2D eigenvalue weighted by Gasteiger charge is -2.22. The summed E-state index contributed by atoms with van der Waals surface area (Å²) in [4.78, 5) is 23.4. The Morgan fingerprint density at radius 1 is 1.30 bits per heavy atom. The minimum absolute atomic E-state index is 0.0394. The van der Waals surface area contributed by atoms with Crippen molar-refractivity contribution in [3.05, 3.63) is 46.9 Å². The Kier molecular flexibility index (Phi) is 5.09.